The minimum absolute atomic E-state index is 0.100. The summed E-state index contributed by atoms with van der Waals surface area (Å²) in [6.07, 6.45) is 1.04. The quantitative estimate of drug-likeness (QED) is 0.531. The second kappa shape index (κ2) is 9.47. The van der Waals surface area contributed by atoms with Crippen LogP contribution in [0.4, 0.5) is 11.4 Å². The first kappa shape index (κ1) is 17.6. The summed E-state index contributed by atoms with van der Waals surface area (Å²) in [6, 6.07) is 5.90. The van der Waals surface area contributed by atoms with E-state index in [1.54, 1.807) is 14.2 Å². The standard InChI is InChI=1S/C16H28N2O3/c1-13(2)21-15-8-5-7-14(16(15)17)18(10-12-20-4)9-6-11-19-3/h5,7-8,13H,6,9-12,17H2,1-4H3. The molecule has 1 rings (SSSR count). The van der Waals surface area contributed by atoms with Gasteiger partial charge in [0.05, 0.1) is 24.1 Å². The molecule has 0 bridgehead atoms. The van der Waals surface area contributed by atoms with E-state index in [9.17, 15) is 0 Å². The summed E-state index contributed by atoms with van der Waals surface area (Å²) in [5.41, 5.74) is 7.94. The van der Waals surface area contributed by atoms with Crippen LogP contribution in [0.1, 0.15) is 20.3 Å². The third kappa shape index (κ3) is 5.81. The van der Waals surface area contributed by atoms with Crippen molar-refractivity contribution in [2.45, 2.75) is 26.4 Å². The van der Waals surface area contributed by atoms with E-state index in [4.69, 9.17) is 19.9 Å². The molecule has 0 atom stereocenters. The van der Waals surface area contributed by atoms with Gasteiger partial charge in [0.2, 0.25) is 0 Å². The highest BCUT2D eigenvalue weighted by atomic mass is 16.5. The molecular weight excluding hydrogens is 268 g/mol. The number of ether oxygens (including phenoxy) is 3. The molecule has 0 saturated heterocycles. The molecule has 0 radical (unpaired) electrons. The van der Waals surface area contributed by atoms with Gasteiger partial charge in [-0.25, -0.2) is 0 Å². The molecule has 1 aromatic carbocycles. The number of hydrogen-bond acceptors (Lipinski definition) is 5. The highest BCUT2D eigenvalue weighted by molar-refractivity contribution is 5.74. The summed E-state index contributed by atoms with van der Waals surface area (Å²) in [5.74, 6) is 0.733. The highest BCUT2D eigenvalue weighted by Crippen LogP contribution is 2.32. The third-order valence-electron chi connectivity index (χ3n) is 3.09. The lowest BCUT2D eigenvalue weighted by Gasteiger charge is -2.27. The van der Waals surface area contributed by atoms with E-state index in [1.165, 1.54) is 0 Å². The van der Waals surface area contributed by atoms with E-state index in [1.807, 2.05) is 32.0 Å². The van der Waals surface area contributed by atoms with Gasteiger partial charge in [0.1, 0.15) is 5.75 Å². The normalized spacial score (nSPS) is 10.9. The SMILES string of the molecule is COCCCN(CCOC)c1cccc(OC(C)C)c1N. The topological polar surface area (TPSA) is 57.0 Å². The molecule has 0 aromatic heterocycles. The predicted molar refractivity (Wildman–Crippen MR) is 87.2 cm³/mol. The predicted octanol–water partition coefficient (Wildman–Crippen LogP) is 2.55. The molecule has 1 aromatic rings. The zero-order chi connectivity index (χ0) is 15.7. The number of benzene rings is 1. The summed E-state index contributed by atoms with van der Waals surface area (Å²) < 4.78 is 16.1. The van der Waals surface area contributed by atoms with Gasteiger partial charge in [0.25, 0.3) is 0 Å². The average Bonchev–Trinajstić information content (AvgIpc) is 2.45. The van der Waals surface area contributed by atoms with Gasteiger partial charge >= 0.3 is 0 Å². The molecule has 120 valence electrons. The summed E-state index contributed by atoms with van der Waals surface area (Å²) in [5, 5.41) is 0. The molecule has 0 amide bonds. The monoisotopic (exact) mass is 296 g/mol. The van der Waals surface area contributed by atoms with E-state index in [0.717, 1.165) is 37.6 Å². The van der Waals surface area contributed by atoms with Gasteiger partial charge < -0.3 is 24.8 Å². The Hall–Kier alpha value is -1.46. The number of nitrogens with two attached hydrogens (primary N) is 1. The van der Waals surface area contributed by atoms with Crippen LogP contribution in [0, 0.1) is 0 Å². The molecule has 0 heterocycles. The molecule has 0 unspecified atom stereocenters. The van der Waals surface area contributed by atoms with Crippen molar-refractivity contribution in [1.29, 1.82) is 0 Å². The van der Waals surface area contributed by atoms with Crippen LogP contribution in [0.3, 0.4) is 0 Å². The van der Waals surface area contributed by atoms with Crippen LogP contribution >= 0.6 is 0 Å². The number of methoxy groups -OCH3 is 2. The summed E-state index contributed by atoms with van der Waals surface area (Å²) in [4.78, 5) is 2.21. The van der Waals surface area contributed by atoms with Crippen molar-refractivity contribution in [1.82, 2.24) is 0 Å². The zero-order valence-corrected chi connectivity index (χ0v) is 13.6. The summed E-state index contributed by atoms with van der Waals surface area (Å²) >= 11 is 0. The molecule has 0 spiro atoms. The van der Waals surface area contributed by atoms with Crippen LogP contribution in [0.2, 0.25) is 0 Å². The fourth-order valence-electron chi connectivity index (χ4n) is 2.12. The molecule has 0 aliphatic heterocycles. The van der Waals surface area contributed by atoms with Gasteiger partial charge in [-0.15, -0.1) is 0 Å². The molecule has 5 heteroatoms. The number of nitrogen functional groups attached to an aromatic ring is 1. The number of nitrogens with zero attached hydrogens (tertiary/aromatic N) is 1. The Bertz CT molecular complexity index is 411. The zero-order valence-electron chi connectivity index (χ0n) is 13.6. The average molecular weight is 296 g/mol. The molecule has 0 saturated carbocycles. The van der Waals surface area contributed by atoms with Crippen LogP contribution in [0.15, 0.2) is 18.2 Å². The Balaban J connectivity index is 2.88. The van der Waals surface area contributed by atoms with Gasteiger partial charge in [-0.2, -0.15) is 0 Å². The maximum absolute atomic E-state index is 6.27. The second-order valence-corrected chi connectivity index (χ2v) is 5.18. The van der Waals surface area contributed by atoms with Crippen LogP contribution < -0.4 is 15.4 Å². The van der Waals surface area contributed by atoms with Crippen LogP contribution in [-0.2, 0) is 9.47 Å². The maximum atomic E-state index is 6.27. The lowest BCUT2D eigenvalue weighted by atomic mass is 10.2. The van der Waals surface area contributed by atoms with Crippen molar-refractivity contribution in [3.05, 3.63) is 18.2 Å². The van der Waals surface area contributed by atoms with E-state index in [-0.39, 0.29) is 6.10 Å². The van der Waals surface area contributed by atoms with E-state index >= 15 is 0 Å². The second-order valence-electron chi connectivity index (χ2n) is 5.18. The largest absolute Gasteiger partial charge is 0.489 e. The minimum Gasteiger partial charge on any atom is -0.489 e. The van der Waals surface area contributed by atoms with E-state index in [2.05, 4.69) is 4.90 Å². The Kier molecular flexibility index (Phi) is 7.93. The maximum Gasteiger partial charge on any atom is 0.144 e. The van der Waals surface area contributed by atoms with Gasteiger partial charge in [0.15, 0.2) is 0 Å². The lowest BCUT2D eigenvalue weighted by Crippen LogP contribution is -2.29. The number of anilines is 2. The molecule has 0 aliphatic rings. The first-order chi connectivity index (χ1) is 10.1. The van der Waals surface area contributed by atoms with Crippen LogP contribution in [0.5, 0.6) is 5.75 Å². The van der Waals surface area contributed by atoms with E-state index < -0.39 is 0 Å². The van der Waals surface area contributed by atoms with Crippen molar-refractivity contribution >= 4 is 11.4 Å². The summed E-state index contributed by atoms with van der Waals surface area (Å²) in [6.45, 7) is 7.02. The Morgan fingerprint density at radius 2 is 1.81 bits per heavy atom. The number of hydrogen-bond donors (Lipinski definition) is 1. The third-order valence-corrected chi connectivity index (χ3v) is 3.09. The molecule has 5 nitrogen and oxygen atoms in total. The van der Waals surface area contributed by atoms with Crippen molar-refractivity contribution < 1.29 is 14.2 Å². The lowest BCUT2D eigenvalue weighted by molar-refractivity contribution is 0.191. The number of rotatable bonds is 10. The minimum atomic E-state index is 0.100. The van der Waals surface area contributed by atoms with Gasteiger partial charge in [-0.1, -0.05) is 6.07 Å². The van der Waals surface area contributed by atoms with Crippen LogP contribution in [-0.4, -0.2) is 46.6 Å². The first-order valence-electron chi connectivity index (χ1n) is 7.38. The fourth-order valence-corrected chi connectivity index (χ4v) is 2.12. The van der Waals surface area contributed by atoms with Crippen molar-refractivity contribution in [2.75, 3.05) is 51.2 Å². The molecular formula is C16H28N2O3. The Morgan fingerprint density at radius 3 is 2.43 bits per heavy atom. The molecule has 2 N–H and O–H groups in total. The van der Waals surface area contributed by atoms with Crippen molar-refractivity contribution in [3.8, 4) is 5.75 Å². The van der Waals surface area contributed by atoms with Crippen molar-refractivity contribution in [2.24, 2.45) is 0 Å². The Morgan fingerprint density at radius 1 is 1.10 bits per heavy atom. The molecule has 0 fully saturated rings. The first-order valence-corrected chi connectivity index (χ1v) is 7.38. The van der Waals surface area contributed by atoms with Crippen LogP contribution in [0.25, 0.3) is 0 Å². The molecule has 0 aliphatic carbocycles. The van der Waals surface area contributed by atoms with Gasteiger partial charge in [0, 0.05) is 33.9 Å². The fraction of sp³-hybridized carbons (Fsp3) is 0.625. The molecule has 21 heavy (non-hydrogen) atoms. The van der Waals surface area contributed by atoms with Gasteiger partial charge in [-0.05, 0) is 32.4 Å². The number of para-hydroxylation sites is 1. The van der Waals surface area contributed by atoms with Gasteiger partial charge in [-0.3, -0.25) is 0 Å². The Labute approximate surface area is 128 Å². The highest BCUT2D eigenvalue weighted by Gasteiger charge is 2.13. The smallest absolute Gasteiger partial charge is 0.144 e. The van der Waals surface area contributed by atoms with Crippen molar-refractivity contribution in [3.63, 3.8) is 0 Å². The summed E-state index contributed by atoms with van der Waals surface area (Å²) in [7, 11) is 3.42. The van der Waals surface area contributed by atoms with E-state index in [0.29, 0.717) is 12.3 Å².